The Balaban J connectivity index is 3.19. The van der Waals surface area contributed by atoms with Gasteiger partial charge in [0.1, 0.15) is 0 Å². The number of hydrogen-bond donors (Lipinski definition) is 2. The first-order chi connectivity index (χ1) is 8.77. The van der Waals surface area contributed by atoms with Gasteiger partial charge in [-0.2, -0.15) is 18.3 Å². The molecule has 1 rings (SSSR count). The van der Waals surface area contributed by atoms with Gasteiger partial charge in [-0.05, 0) is 24.4 Å². The molecule has 9 heteroatoms. The first-order valence-electron chi connectivity index (χ1n) is 4.79. The van der Waals surface area contributed by atoms with Crippen molar-refractivity contribution in [3.05, 3.63) is 29.1 Å². The second-order valence-corrected chi connectivity index (χ2v) is 3.72. The standard InChI is InChI=1S/C10H9F4N3OS/c1-18-8-5(4-16-17-9(15)19)2-3-6(7(8)11)10(12,13)14/h2-4H,1H3,(H3,15,17,19). The van der Waals surface area contributed by atoms with E-state index in [0.29, 0.717) is 6.07 Å². The zero-order valence-electron chi connectivity index (χ0n) is 9.58. The van der Waals surface area contributed by atoms with Gasteiger partial charge in [-0.15, -0.1) is 0 Å². The highest BCUT2D eigenvalue weighted by Gasteiger charge is 2.35. The molecule has 0 atom stereocenters. The third-order valence-corrected chi connectivity index (χ3v) is 2.11. The summed E-state index contributed by atoms with van der Waals surface area (Å²) < 4.78 is 55.7. The number of hydrogen-bond acceptors (Lipinski definition) is 3. The summed E-state index contributed by atoms with van der Waals surface area (Å²) in [6.45, 7) is 0. The Morgan fingerprint density at radius 3 is 2.58 bits per heavy atom. The first-order valence-corrected chi connectivity index (χ1v) is 5.20. The second kappa shape index (κ2) is 5.83. The molecule has 0 heterocycles. The predicted octanol–water partition coefficient (Wildman–Crippen LogP) is 2.02. The molecule has 104 valence electrons. The van der Waals surface area contributed by atoms with Gasteiger partial charge in [0.2, 0.25) is 0 Å². The molecular formula is C10H9F4N3OS. The number of nitrogens with one attached hydrogen (secondary N) is 1. The third-order valence-electron chi connectivity index (χ3n) is 2.02. The molecule has 0 radical (unpaired) electrons. The monoisotopic (exact) mass is 295 g/mol. The molecular weight excluding hydrogens is 286 g/mol. The average Bonchev–Trinajstić information content (AvgIpc) is 2.27. The SMILES string of the molecule is COc1c(C=NNC(N)=S)ccc(C(F)(F)F)c1F. The third kappa shape index (κ3) is 3.78. The van der Waals surface area contributed by atoms with E-state index in [2.05, 4.69) is 27.5 Å². The smallest absolute Gasteiger partial charge is 0.419 e. The summed E-state index contributed by atoms with van der Waals surface area (Å²) >= 11 is 4.47. The summed E-state index contributed by atoms with van der Waals surface area (Å²) in [5, 5.41) is 3.38. The molecule has 0 saturated carbocycles. The van der Waals surface area contributed by atoms with Crippen LogP contribution < -0.4 is 15.9 Å². The van der Waals surface area contributed by atoms with E-state index in [1.54, 1.807) is 0 Å². The molecule has 0 aliphatic heterocycles. The van der Waals surface area contributed by atoms with E-state index < -0.39 is 23.3 Å². The Morgan fingerprint density at radius 1 is 1.47 bits per heavy atom. The molecule has 0 unspecified atom stereocenters. The molecule has 0 aromatic heterocycles. The fourth-order valence-corrected chi connectivity index (χ4v) is 1.32. The van der Waals surface area contributed by atoms with Gasteiger partial charge in [-0.1, -0.05) is 0 Å². The summed E-state index contributed by atoms with van der Waals surface area (Å²) in [7, 11) is 1.05. The van der Waals surface area contributed by atoms with Crippen LogP contribution in [0.5, 0.6) is 5.75 Å². The Bertz CT molecular complexity index is 516. The van der Waals surface area contributed by atoms with Crippen LogP contribution in [0.3, 0.4) is 0 Å². The summed E-state index contributed by atoms with van der Waals surface area (Å²) in [6, 6.07) is 1.62. The minimum atomic E-state index is -4.80. The van der Waals surface area contributed by atoms with E-state index in [1.165, 1.54) is 0 Å². The van der Waals surface area contributed by atoms with Crippen molar-refractivity contribution in [2.45, 2.75) is 6.18 Å². The lowest BCUT2D eigenvalue weighted by molar-refractivity contribution is -0.140. The molecule has 19 heavy (non-hydrogen) atoms. The van der Waals surface area contributed by atoms with Crippen LogP contribution in [0.2, 0.25) is 0 Å². The number of ether oxygens (including phenoxy) is 1. The lowest BCUT2D eigenvalue weighted by Crippen LogP contribution is -2.24. The highest BCUT2D eigenvalue weighted by Crippen LogP contribution is 2.36. The van der Waals surface area contributed by atoms with Gasteiger partial charge in [-0.3, -0.25) is 5.43 Å². The maximum atomic E-state index is 13.6. The molecule has 0 amide bonds. The van der Waals surface area contributed by atoms with Crippen LogP contribution in [-0.4, -0.2) is 18.4 Å². The van der Waals surface area contributed by atoms with Crippen molar-refractivity contribution in [2.75, 3.05) is 7.11 Å². The van der Waals surface area contributed by atoms with Crippen LogP contribution >= 0.6 is 12.2 Å². The van der Waals surface area contributed by atoms with Gasteiger partial charge >= 0.3 is 6.18 Å². The van der Waals surface area contributed by atoms with Gasteiger partial charge in [0, 0.05) is 5.56 Å². The normalized spacial score (nSPS) is 11.6. The summed E-state index contributed by atoms with van der Waals surface area (Å²) in [5.74, 6) is -2.07. The molecule has 0 saturated heterocycles. The van der Waals surface area contributed by atoms with Crippen molar-refractivity contribution in [1.29, 1.82) is 0 Å². The van der Waals surface area contributed by atoms with Crippen molar-refractivity contribution in [3.63, 3.8) is 0 Å². The molecule has 0 fully saturated rings. The fraction of sp³-hybridized carbons (Fsp3) is 0.200. The van der Waals surface area contributed by atoms with E-state index >= 15 is 0 Å². The largest absolute Gasteiger partial charge is 0.493 e. The Morgan fingerprint density at radius 2 is 2.11 bits per heavy atom. The fourth-order valence-electron chi connectivity index (χ4n) is 1.26. The molecule has 0 aliphatic carbocycles. The van der Waals surface area contributed by atoms with Crippen molar-refractivity contribution < 1.29 is 22.3 Å². The topological polar surface area (TPSA) is 59.6 Å². The molecule has 4 nitrogen and oxygen atoms in total. The van der Waals surface area contributed by atoms with Crippen LogP contribution in [0, 0.1) is 5.82 Å². The summed E-state index contributed by atoms with van der Waals surface area (Å²) in [4.78, 5) is 0. The minimum absolute atomic E-state index is 0.0109. The van der Waals surface area contributed by atoms with E-state index in [9.17, 15) is 17.6 Å². The van der Waals surface area contributed by atoms with Crippen molar-refractivity contribution in [3.8, 4) is 5.75 Å². The summed E-state index contributed by atoms with van der Waals surface area (Å²) in [5.41, 5.74) is 5.88. The number of hydrazone groups is 1. The van der Waals surface area contributed by atoms with Crippen LogP contribution in [0.4, 0.5) is 17.6 Å². The van der Waals surface area contributed by atoms with E-state index in [-0.39, 0.29) is 10.7 Å². The number of methoxy groups -OCH3 is 1. The highest BCUT2D eigenvalue weighted by atomic mass is 32.1. The van der Waals surface area contributed by atoms with Crippen molar-refractivity contribution >= 4 is 23.5 Å². The highest BCUT2D eigenvalue weighted by molar-refractivity contribution is 7.80. The number of thiocarbonyl (C=S) groups is 1. The predicted molar refractivity (Wildman–Crippen MR) is 65.5 cm³/mol. The van der Waals surface area contributed by atoms with Crippen LogP contribution in [-0.2, 0) is 6.18 Å². The van der Waals surface area contributed by atoms with Crippen LogP contribution in [0.15, 0.2) is 17.2 Å². The summed E-state index contributed by atoms with van der Waals surface area (Å²) in [6.07, 6.45) is -3.76. The number of nitrogens with zero attached hydrogens (tertiary/aromatic N) is 1. The zero-order valence-corrected chi connectivity index (χ0v) is 10.4. The quantitative estimate of drug-likeness (QED) is 0.388. The van der Waals surface area contributed by atoms with Crippen molar-refractivity contribution in [2.24, 2.45) is 10.8 Å². The number of halogens is 4. The maximum absolute atomic E-state index is 13.6. The molecule has 0 spiro atoms. The Labute approximate surface area is 111 Å². The Kier molecular flexibility index (Phi) is 4.65. The molecule has 3 N–H and O–H groups in total. The van der Waals surface area contributed by atoms with Crippen LogP contribution in [0.25, 0.3) is 0 Å². The molecule has 1 aromatic carbocycles. The van der Waals surface area contributed by atoms with Gasteiger partial charge < -0.3 is 10.5 Å². The second-order valence-electron chi connectivity index (χ2n) is 3.28. The van der Waals surface area contributed by atoms with E-state index in [0.717, 1.165) is 19.4 Å². The van der Waals surface area contributed by atoms with Gasteiger partial charge in [0.15, 0.2) is 16.7 Å². The molecule has 0 bridgehead atoms. The van der Waals surface area contributed by atoms with E-state index in [1.807, 2.05) is 0 Å². The first kappa shape index (κ1) is 15.2. The minimum Gasteiger partial charge on any atom is -0.493 e. The van der Waals surface area contributed by atoms with Gasteiger partial charge in [0.25, 0.3) is 0 Å². The number of alkyl halides is 3. The van der Waals surface area contributed by atoms with Gasteiger partial charge in [0.05, 0.1) is 18.9 Å². The van der Waals surface area contributed by atoms with Gasteiger partial charge in [-0.25, -0.2) is 4.39 Å². The Hall–Kier alpha value is -1.90. The van der Waals surface area contributed by atoms with Crippen LogP contribution in [0.1, 0.15) is 11.1 Å². The lowest BCUT2D eigenvalue weighted by Gasteiger charge is -2.12. The van der Waals surface area contributed by atoms with Crippen molar-refractivity contribution in [1.82, 2.24) is 5.43 Å². The lowest BCUT2D eigenvalue weighted by atomic mass is 10.1. The van der Waals surface area contributed by atoms with E-state index in [4.69, 9.17) is 5.73 Å². The number of nitrogens with two attached hydrogens (primary N) is 1. The maximum Gasteiger partial charge on any atom is 0.419 e. The molecule has 1 aromatic rings. The average molecular weight is 295 g/mol. The molecule has 0 aliphatic rings. The number of benzene rings is 1. The number of rotatable bonds is 3. The zero-order chi connectivity index (χ0) is 14.6.